The number of likely N-dealkylation sites (tertiary alicyclic amines) is 1. The summed E-state index contributed by atoms with van der Waals surface area (Å²) in [6.45, 7) is 0.380. The third kappa shape index (κ3) is 3.14. The van der Waals surface area contributed by atoms with Crippen LogP contribution in [0.15, 0.2) is 30.3 Å². The van der Waals surface area contributed by atoms with E-state index in [1.807, 2.05) is 6.07 Å². The summed E-state index contributed by atoms with van der Waals surface area (Å²) in [5.74, 6) is -1.09. The van der Waals surface area contributed by atoms with Crippen LogP contribution in [0.1, 0.15) is 23.2 Å². The minimum atomic E-state index is -0.545. The molecule has 3 amide bonds. The van der Waals surface area contributed by atoms with Gasteiger partial charge in [0.1, 0.15) is 6.04 Å². The van der Waals surface area contributed by atoms with Crippen LogP contribution >= 0.6 is 0 Å². The van der Waals surface area contributed by atoms with Crippen molar-refractivity contribution in [1.82, 2.24) is 10.2 Å². The van der Waals surface area contributed by atoms with E-state index in [-0.39, 0.29) is 18.4 Å². The predicted octanol–water partition coefficient (Wildman–Crippen LogP) is -0.107. The van der Waals surface area contributed by atoms with E-state index in [0.717, 1.165) is 6.42 Å². The molecule has 0 radical (unpaired) electrons. The van der Waals surface area contributed by atoms with Crippen molar-refractivity contribution in [2.75, 3.05) is 13.1 Å². The molecule has 1 saturated heterocycles. The molecule has 6 nitrogen and oxygen atoms in total. The second-order valence-corrected chi connectivity index (χ2v) is 4.70. The van der Waals surface area contributed by atoms with Gasteiger partial charge in [0.25, 0.3) is 5.91 Å². The number of carbonyl (C=O) groups is 3. The first-order chi connectivity index (χ1) is 9.59. The highest BCUT2D eigenvalue weighted by atomic mass is 16.2. The molecule has 2 rings (SSSR count). The van der Waals surface area contributed by atoms with Gasteiger partial charge in [-0.05, 0) is 25.0 Å². The van der Waals surface area contributed by atoms with Crippen LogP contribution in [0.25, 0.3) is 0 Å². The average Bonchev–Trinajstić information content (AvgIpc) is 2.95. The maximum atomic E-state index is 12.0. The third-order valence-corrected chi connectivity index (χ3v) is 3.34. The Morgan fingerprint density at radius 3 is 2.60 bits per heavy atom. The van der Waals surface area contributed by atoms with Gasteiger partial charge in [0, 0.05) is 12.1 Å². The van der Waals surface area contributed by atoms with E-state index >= 15 is 0 Å². The van der Waals surface area contributed by atoms with Gasteiger partial charge < -0.3 is 16.0 Å². The molecule has 1 aromatic carbocycles. The number of rotatable bonds is 4. The first-order valence-electron chi connectivity index (χ1n) is 6.51. The fourth-order valence-electron chi connectivity index (χ4n) is 2.31. The van der Waals surface area contributed by atoms with Crippen molar-refractivity contribution in [1.29, 1.82) is 0 Å². The van der Waals surface area contributed by atoms with E-state index in [4.69, 9.17) is 5.73 Å². The molecule has 1 aliphatic rings. The van der Waals surface area contributed by atoms with Crippen molar-refractivity contribution in [2.24, 2.45) is 5.73 Å². The van der Waals surface area contributed by atoms with Crippen LogP contribution in [0.2, 0.25) is 0 Å². The summed E-state index contributed by atoms with van der Waals surface area (Å²) in [6.07, 6.45) is 1.35. The second kappa shape index (κ2) is 6.18. The maximum Gasteiger partial charge on any atom is 0.251 e. The molecule has 106 valence electrons. The molecule has 3 N–H and O–H groups in total. The van der Waals surface area contributed by atoms with Crippen LogP contribution in [0.5, 0.6) is 0 Å². The monoisotopic (exact) mass is 275 g/mol. The molecule has 0 aliphatic carbocycles. The third-order valence-electron chi connectivity index (χ3n) is 3.34. The van der Waals surface area contributed by atoms with Gasteiger partial charge in [-0.2, -0.15) is 0 Å². The minimum absolute atomic E-state index is 0.127. The molecule has 1 heterocycles. The lowest BCUT2D eigenvalue weighted by atomic mass is 10.2. The Kier molecular flexibility index (Phi) is 4.34. The zero-order chi connectivity index (χ0) is 14.5. The highest BCUT2D eigenvalue weighted by molar-refractivity contribution is 5.97. The summed E-state index contributed by atoms with van der Waals surface area (Å²) < 4.78 is 0. The minimum Gasteiger partial charge on any atom is -0.368 e. The Labute approximate surface area is 116 Å². The van der Waals surface area contributed by atoms with Gasteiger partial charge in [0.15, 0.2) is 0 Å². The lowest BCUT2D eigenvalue weighted by Crippen LogP contribution is -2.47. The molecule has 1 aromatic rings. The largest absolute Gasteiger partial charge is 0.368 e. The Morgan fingerprint density at radius 1 is 1.25 bits per heavy atom. The van der Waals surface area contributed by atoms with E-state index in [1.165, 1.54) is 4.90 Å². The first-order valence-corrected chi connectivity index (χ1v) is 6.51. The molecule has 0 aromatic heterocycles. The highest BCUT2D eigenvalue weighted by Crippen LogP contribution is 2.16. The van der Waals surface area contributed by atoms with Crippen LogP contribution in [-0.2, 0) is 9.59 Å². The Hall–Kier alpha value is -2.37. The number of amides is 3. The molecule has 0 saturated carbocycles. The van der Waals surface area contributed by atoms with Gasteiger partial charge in [0.05, 0.1) is 6.54 Å². The van der Waals surface area contributed by atoms with Gasteiger partial charge in [-0.3, -0.25) is 14.4 Å². The average molecular weight is 275 g/mol. The van der Waals surface area contributed by atoms with E-state index in [2.05, 4.69) is 5.32 Å². The van der Waals surface area contributed by atoms with Gasteiger partial charge >= 0.3 is 0 Å². The maximum absolute atomic E-state index is 12.0. The molecule has 6 heteroatoms. The molecule has 1 fully saturated rings. The molecule has 0 spiro atoms. The second-order valence-electron chi connectivity index (χ2n) is 4.70. The van der Waals surface area contributed by atoms with Crippen LogP contribution in [0, 0.1) is 0 Å². The number of nitrogens with one attached hydrogen (secondary N) is 1. The van der Waals surface area contributed by atoms with Gasteiger partial charge in [-0.15, -0.1) is 0 Å². The molecule has 20 heavy (non-hydrogen) atoms. The highest BCUT2D eigenvalue weighted by Gasteiger charge is 2.32. The summed E-state index contributed by atoms with van der Waals surface area (Å²) in [5.41, 5.74) is 5.75. The van der Waals surface area contributed by atoms with Gasteiger partial charge in [-0.25, -0.2) is 0 Å². The van der Waals surface area contributed by atoms with Crippen molar-refractivity contribution in [3.8, 4) is 0 Å². The zero-order valence-corrected chi connectivity index (χ0v) is 11.0. The number of benzene rings is 1. The fraction of sp³-hybridized carbons (Fsp3) is 0.357. The summed E-state index contributed by atoms with van der Waals surface area (Å²) in [5, 5.41) is 2.55. The number of primary amides is 1. The van der Waals surface area contributed by atoms with Crippen molar-refractivity contribution in [3.05, 3.63) is 35.9 Å². The Balaban J connectivity index is 1.89. The number of carbonyl (C=O) groups excluding carboxylic acids is 3. The standard InChI is InChI=1S/C14H17N3O3/c15-13(19)11-7-4-8-17(11)12(18)9-16-14(20)10-5-2-1-3-6-10/h1-3,5-6,11H,4,7-9H2,(H2,15,19)(H,16,20)/t11-/m1/s1. The van der Waals surface area contributed by atoms with Gasteiger partial charge in [0.2, 0.25) is 11.8 Å². The molecule has 1 atom stereocenters. The molecular formula is C14H17N3O3. The zero-order valence-electron chi connectivity index (χ0n) is 11.0. The molecule has 1 aliphatic heterocycles. The first kappa shape index (κ1) is 14.0. The topological polar surface area (TPSA) is 92.5 Å². The smallest absolute Gasteiger partial charge is 0.251 e. The van der Waals surface area contributed by atoms with E-state index in [9.17, 15) is 14.4 Å². The van der Waals surface area contributed by atoms with Crippen LogP contribution < -0.4 is 11.1 Å². The lowest BCUT2D eigenvalue weighted by molar-refractivity contribution is -0.136. The number of nitrogens with two attached hydrogens (primary N) is 1. The molecule has 0 bridgehead atoms. The van der Waals surface area contributed by atoms with E-state index in [1.54, 1.807) is 24.3 Å². The fourth-order valence-corrected chi connectivity index (χ4v) is 2.31. The van der Waals surface area contributed by atoms with Crippen LogP contribution in [0.3, 0.4) is 0 Å². The quantitative estimate of drug-likeness (QED) is 0.803. The number of hydrogen-bond donors (Lipinski definition) is 2. The lowest BCUT2D eigenvalue weighted by Gasteiger charge is -2.22. The van der Waals surface area contributed by atoms with Crippen molar-refractivity contribution < 1.29 is 14.4 Å². The summed E-state index contributed by atoms with van der Waals surface area (Å²) in [7, 11) is 0. The number of hydrogen-bond acceptors (Lipinski definition) is 3. The Bertz CT molecular complexity index is 516. The molecular weight excluding hydrogens is 258 g/mol. The molecule has 0 unspecified atom stereocenters. The van der Waals surface area contributed by atoms with Crippen molar-refractivity contribution in [2.45, 2.75) is 18.9 Å². The Morgan fingerprint density at radius 2 is 1.95 bits per heavy atom. The van der Waals surface area contributed by atoms with Gasteiger partial charge in [-0.1, -0.05) is 18.2 Å². The SMILES string of the molecule is NC(=O)[C@H]1CCCN1C(=O)CNC(=O)c1ccccc1. The summed E-state index contributed by atoms with van der Waals surface area (Å²) >= 11 is 0. The van der Waals surface area contributed by atoms with Crippen LogP contribution in [0.4, 0.5) is 0 Å². The number of nitrogens with zero attached hydrogens (tertiary/aromatic N) is 1. The van der Waals surface area contributed by atoms with Crippen LogP contribution in [-0.4, -0.2) is 41.8 Å². The summed E-state index contributed by atoms with van der Waals surface area (Å²) in [6, 6.07) is 8.10. The van der Waals surface area contributed by atoms with E-state index in [0.29, 0.717) is 18.5 Å². The van der Waals surface area contributed by atoms with Crippen molar-refractivity contribution in [3.63, 3.8) is 0 Å². The van der Waals surface area contributed by atoms with Crippen molar-refractivity contribution >= 4 is 17.7 Å². The predicted molar refractivity (Wildman–Crippen MR) is 72.7 cm³/mol. The summed E-state index contributed by atoms with van der Waals surface area (Å²) in [4.78, 5) is 36.5. The van der Waals surface area contributed by atoms with E-state index < -0.39 is 11.9 Å². The normalized spacial score (nSPS) is 17.8.